The van der Waals surface area contributed by atoms with Crippen molar-refractivity contribution >= 4 is 17.4 Å². The molecule has 0 saturated carbocycles. The van der Waals surface area contributed by atoms with Crippen LogP contribution in [0.4, 0.5) is 11.5 Å². The number of nitrogens with one attached hydrogen (secondary N) is 1. The van der Waals surface area contributed by atoms with Crippen LogP contribution in [0.1, 0.15) is 16.1 Å². The average Bonchev–Trinajstić information content (AvgIpc) is 2.57. The van der Waals surface area contributed by atoms with Gasteiger partial charge in [0.25, 0.3) is 5.91 Å². The summed E-state index contributed by atoms with van der Waals surface area (Å²) in [5.74, 6) is 0.330. The van der Waals surface area contributed by atoms with Crippen LogP contribution in [-0.2, 0) is 7.05 Å². The largest absolute Gasteiger partial charge is 0.394 e. The Morgan fingerprint density at radius 1 is 1.35 bits per heavy atom. The second-order valence-corrected chi connectivity index (χ2v) is 3.79. The van der Waals surface area contributed by atoms with Gasteiger partial charge >= 0.3 is 0 Å². The fourth-order valence-electron chi connectivity index (χ4n) is 1.59. The van der Waals surface area contributed by atoms with Crippen LogP contribution < -0.4 is 11.1 Å². The molecule has 0 spiro atoms. The summed E-state index contributed by atoms with van der Waals surface area (Å²) >= 11 is 0. The zero-order valence-corrected chi connectivity index (χ0v) is 9.77. The topological polar surface area (TPSA) is 72.9 Å². The number of anilines is 2. The lowest BCUT2D eigenvalue weighted by atomic mass is 10.2. The number of amides is 1. The molecular formula is C12H14N4O. The Bertz CT molecular complexity index is 545. The number of carbonyl (C=O) groups excluding carboxylic acids is 1. The zero-order valence-electron chi connectivity index (χ0n) is 9.77. The van der Waals surface area contributed by atoms with E-state index in [0.29, 0.717) is 22.8 Å². The first kappa shape index (κ1) is 11.2. The molecule has 0 bridgehead atoms. The van der Waals surface area contributed by atoms with Crippen LogP contribution in [-0.4, -0.2) is 15.7 Å². The van der Waals surface area contributed by atoms with Crippen LogP contribution in [0.25, 0.3) is 0 Å². The maximum Gasteiger partial charge on any atom is 0.256 e. The maximum absolute atomic E-state index is 11.9. The van der Waals surface area contributed by atoms with Gasteiger partial charge in [-0.05, 0) is 19.1 Å². The Morgan fingerprint density at radius 3 is 2.53 bits per heavy atom. The van der Waals surface area contributed by atoms with Crippen LogP contribution in [0.3, 0.4) is 0 Å². The average molecular weight is 230 g/mol. The fourth-order valence-corrected chi connectivity index (χ4v) is 1.59. The third-order valence-electron chi connectivity index (χ3n) is 2.54. The lowest BCUT2D eigenvalue weighted by Crippen LogP contribution is -2.15. The van der Waals surface area contributed by atoms with Gasteiger partial charge in [-0.2, -0.15) is 5.10 Å². The summed E-state index contributed by atoms with van der Waals surface area (Å²) in [4.78, 5) is 11.9. The van der Waals surface area contributed by atoms with Gasteiger partial charge in [-0.15, -0.1) is 0 Å². The minimum absolute atomic E-state index is 0.194. The SMILES string of the molecule is Cc1nn(C)c(NC(=O)c2ccccc2)c1N. The molecule has 0 atom stereocenters. The van der Waals surface area contributed by atoms with E-state index in [1.807, 2.05) is 18.2 Å². The molecule has 0 unspecified atom stereocenters. The van der Waals surface area contributed by atoms with Gasteiger partial charge in [0.2, 0.25) is 0 Å². The third kappa shape index (κ3) is 2.13. The van der Waals surface area contributed by atoms with E-state index in [0.717, 1.165) is 0 Å². The van der Waals surface area contributed by atoms with Gasteiger partial charge in [0, 0.05) is 12.6 Å². The van der Waals surface area contributed by atoms with Gasteiger partial charge < -0.3 is 11.1 Å². The standard InChI is InChI=1S/C12H14N4O/c1-8-10(13)11(16(2)15-8)14-12(17)9-6-4-3-5-7-9/h3-7H,13H2,1-2H3,(H,14,17). The molecule has 0 fully saturated rings. The van der Waals surface area contributed by atoms with Crippen LogP contribution in [0, 0.1) is 6.92 Å². The normalized spacial score (nSPS) is 10.2. The second-order valence-electron chi connectivity index (χ2n) is 3.79. The first-order valence-electron chi connectivity index (χ1n) is 5.25. The molecule has 1 aromatic carbocycles. The number of carbonyl (C=O) groups is 1. The molecule has 0 aliphatic carbocycles. The van der Waals surface area contributed by atoms with Crippen LogP contribution in [0.2, 0.25) is 0 Å². The van der Waals surface area contributed by atoms with Crippen molar-refractivity contribution in [1.82, 2.24) is 9.78 Å². The monoisotopic (exact) mass is 230 g/mol. The molecule has 17 heavy (non-hydrogen) atoms. The van der Waals surface area contributed by atoms with Gasteiger partial charge in [0.05, 0.1) is 11.4 Å². The quantitative estimate of drug-likeness (QED) is 0.822. The smallest absolute Gasteiger partial charge is 0.256 e. The van der Waals surface area contributed by atoms with Crippen molar-refractivity contribution in [2.24, 2.45) is 7.05 Å². The van der Waals surface area contributed by atoms with Crippen molar-refractivity contribution in [1.29, 1.82) is 0 Å². The summed E-state index contributed by atoms with van der Waals surface area (Å²) in [6.07, 6.45) is 0. The summed E-state index contributed by atoms with van der Waals surface area (Å²) in [5.41, 5.74) is 7.62. The predicted octanol–water partition coefficient (Wildman–Crippen LogP) is 1.56. The summed E-state index contributed by atoms with van der Waals surface area (Å²) in [7, 11) is 1.74. The number of aromatic nitrogens is 2. The summed E-state index contributed by atoms with van der Waals surface area (Å²) < 4.78 is 1.56. The minimum atomic E-state index is -0.194. The highest BCUT2D eigenvalue weighted by Crippen LogP contribution is 2.21. The van der Waals surface area contributed by atoms with Gasteiger partial charge in [0.15, 0.2) is 5.82 Å². The Morgan fingerprint density at radius 2 is 2.00 bits per heavy atom. The van der Waals surface area contributed by atoms with E-state index < -0.39 is 0 Å². The highest BCUT2D eigenvalue weighted by molar-refractivity contribution is 6.05. The molecule has 5 nitrogen and oxygen atoms in total. The molecule has 88 valence electrons. The fraction of sp³-hybridized carbons (Fsp3) is 0.167. The van der Waals surface area contributed by atoms with Gasteiger partial charge in [-0.1, -0.05) is 18.2 Å². The molecule has 3 N–H and O–H groups in total. The maximum atomic E-state index is 11.9. The Balaban J connectivity index is 2.25. The highest BCUT2D eigenvalue weighted by Gasteiger charge is 2.13. The number of benzene rings is 1. The summed E-state index contributed by atoms with van der Waals surface area (Å²) in [5, 5.41) is 6.89. The molecule has 1 aromatic heterocycles. The van der Waals surface area contributed by atoms with Crippen molar-refractivity contribution in [3.05, 3.63) is 41.6 Å². The van der Waals surface area contributed by atoms with E-state index in [2.05, 4.69) is 10.4 Å². The molecule has 2 rings (SSSR count). The van der Waals surface area contributed by atoms with E-state index in [1.165, 1.54) is 0 Å². The number of nitrogens with two attached hydrogens (primary N) is 1. The molecule has 0 aliphatic heterocycles. The van der Waals surface area contributed by atoms with E-state index in [9.17, 15) is 4.79 Å². The van der Waals surface area contributed by atoms with Gasteiger partial charge in [-0.3, -0.25) is 9.48 Å². The first-order valence-corrected chi connectivity index (χ1v) is 5.25. The number of nitrogens with zero attached hydrogens (tertiary/aromatic N) is 2. The molecule has 0 radical (unpaired) electrons. The number of nitrogen functional groups attached to an aromatic ring is 1. The lowest BCUT2D eigenvalue weighted by Gasteiger charge is -2.06. The summed E-state index contributed by atoms with van der Waals surface area (Å²) in [6.45, 7) is 1.80. The number of hydrogen-bond acceptors (Lipinski definition) is 3. The highest BCUT2D eigenvalue weighted by atomic mass is 16.1. The number of rotatable bonds is 2. The molecular weight excluding hydrogens is 216 g/mol. The van der Waals surface area contributed by atoms with Gasteiger partial charge in [-0.25, -0.2) is 0 Å². The lowest BCUT2D eigenvalue weighted by molar-refractivity contribution is 0.102. The van der Waals surface area contributed by atoms with Crippen LogP contribution in [0.5, 0.6) is 0 Å². The van der Waals surface area contributed by atoms with E-state index >= 15 is 0 Å². The predicted molar refractivity (Wildman–Crippen MR) is 66.8 cm³/mol. The number of hydrogen-bond donors (Lipinski definition) is 2. The zero-order chi connectivity index (χ0) is 12.4. The van der Waals surface area contributed by atoms with Crippen molar-refractivity contribution in [3.63, 3.8) is 0 Å². The van der Waals surface area contributed by atoms with Crippen molar-refractivity contribution in [3.8, 4) is 0 Å². The molecule has 5 heteroatoms. The Hall–Kier alpha value is -2.30. The van der Waals surface area contributed by atoms with Crippen LogP contribution in [0.15, 0.2) is 30.3 Å². The van der Waals surface area contributed by atoms with E-state index in [4.69, 9.17) is 5.73 Å². The number of aryl methyl sites for hydroxylation is 2. The van der Waals surface area contributed by atoms with Crippen molar-refractivity contribution in [2.45, 2.75) is 6.92 Å². The molecule has 2 aromatic rings. The van der Waals surface area contributed by atoms with E-state index in [-0.39, 0.29) is 5.91 Å². The molecule has 0 saturated heterocycles. The van der Waals surface area contributed by atoms with Crippen molar-refractivity contribution in [2.75, 3.05) is 11.1 Å². The Kier molecular flexibility index (Phi) is 2.82. The molecule has 0 aliphatic rings. The molecule has 1 heterocycles. The van der Waals surface area contributed by atoms with Crippen molar-refractivity contribution < 1.29 is 4.79 Å². The first-order chi connectivity index (χ1) is 8.09. The molecule has 1 amide bonds. The second kappa shape index (κ2) is 4.29. The van der Waals surface area contributed by atoms with E-state index in [1.54, 1.807) is 30.8 Å². The van der Waals surface area contributed by atoms with Gasteiger partial charge in [0.1, 0.15) is 0 Å². The third-order valence-corrected chi connectivity index (χ3v) is 2.54. The Labute approximate surface area is 99.2 Å². The summed E-state index contributed by atoms with van der Waals surface area (Å²) in [6, 6.07) is 8.97. The minimum Gasteiger partial charge on any atom is -0.394 e. The van der Waals surface area contributed by atoms with Crippen LogP contribution >= 0.6 is 0 Å².